The summed E-state index contributed by atoms with van der Waals surface area (Å²) in [6, 6.07) is 7.82. The Morgan fingerprint density at radius 1 is 1.18 bits per heavy atom. The SMILES string of the molecule is CC(C)(C)ONCc1cnc2ccccc2n1. The van der Waals surface area contributed by atoms with Gasteiger partial charge >= 0.3 is 0 Å². The lowest BCUT2D eigenvalue weighted by Gasteiger charge is -2.19. The molecular weight excluding hydrogens is 214 g/mol. The van der Waals surface area contributed by atoms with Crippen molar-refractivity contribution in [3.05, 3.63) is 36.2 Å². The Morgan fingerprint density at radius 3 is 2.59 bits per heavy atom. The van der Waals surface area contributed by atoms with Crippen LogP contribution in [0, 0.1) is 0 Å². The highest BCUT2D eigenvalue weighted by atomic mass is 16.7. The van der Waals surface area contributed by atoms with Crippen LogP contribution in [0.15, 0.2) is 30.5 Å². The van der Waals surface area contributed by atoms with E-state index in [1.54, 1.807) is 6.20 Å². The molecule has 4 heteroatoms. The average Bonchev–Trinajstić information content (AvgIpc) is 2.27. The summed E-state index contributed by atoms with van der Waals surface area (Å²) in [7, 11) is 0. The second kappa shape index (κ2) is 4.77. The van der Waals surface area contributed by atoms with Crippen LogP contribution < -0.4 is 5.48 Å². The number of benzene rings is 1. The molecule has 0 saturated carbocycles. The molecule has 2 rings (SSSR count). The molecule has 0 fully saturated rings. The second-order valence-electron chi connectivity index (χ2n) is 4.89. The number of nitrogens with one attached hydrogen (secondary N) is 1. The van der Waals surface area contributed by atoms with Gasteiger partial charge in [0.1, 0.15) is 0 Å². The maximum absolute atomic E-state index is 5.43. The molecule has 1 N–H and O–H groups in total. The minimum Gasteiger partial charge on any atom is -0.296 e. The van der Waals surface area contributed by atoms with E-state index in [1.807, 2.05) is 45.0 Å². The van der Waals surface area contributed by atoms with E-state index in [2.05, 4.69) is 15.4 Å². The molecular formula is C13H17N3O. The Kier molecular flexibility index (Phi) is 3.36. The van der Waals surface area contributed by atoms with Crippen LogP contribution in [0.25, 0.3) is 11.0 Å². The van der Waals surface area contributed by atoms with Gasteiger partial charge in [0, 0.05) is 0 Å². The Labute approximate surface area is 101 Å². The molecule has 0 bridgehead atoms. The topological polar surface area (TPSA) is 47.0 Å². The van der Waals surface area contributed by atoms with E-state index in [-0.39, 0.29) is 5.60 Å². The van der Waals surface area contributed by atoms with Crippen molar-refractivity contribution in [2.75, 3.05) is 0 Å². The van der Waals surface area contributed by atoms with E-state index < -0.39 is 0 Å². The van der Waals surface area contributed by atoms with Crippen molar-refractivity contribution in [1.29, 1.82) is 0 Å². The van der Waals surface area contributed by atoms with Gasteiger partial charge in [0.2, 0.25) is 0 Å². The maximum Gasteiger partial charge on any atom is 0.0890 e. The fourth-order valence-corrected chi connectivity index (χ4v) is 1.41. The zero-order chi connectivity index (χ0) is 12.3. The maximum atomic E-state index is 5.43. The summed E-state index contributed by atoms with van der Waals surface area (Å²) in [5.74, 6) is 0. The molecule has 0 aliphatic rings. The number of hydroxylamine groups is 1. The Hall–Kier alpha value is -1.52. The van der Waals surface area contributed by atoms with Gasteiger partial charge in [-0.1, -0.05) is 12.1 Å². The zero-order valence-corrected chi connectivity index (χ0v) is 10.4. The molecule has 1 aromatic heterocycles. The van der Waals surface area contributed by atoms with Gasteiger partial charge in [-0.2, -0.15) is 5.48 Å². The van der Waals surface area contributed by atoms with Crippen LogP contribution in [-0.4, -0.2) is 15.6 Å². The first-order valence-corrected chi connectivity index (χ1v) is 5.66. The van der Waals surface area contributed by atoms with Crippen molar-refractivity contribution in [2.45, 2.75) is 32.9 Å². The van der Waals surface area contributed by atoms with Crippen LogP contribution in [0.4, 0.5) is 0 Å². The molecule has 2 aromatic rings. The summed E-state index contributed by atoms with van der Waals surface area (Å²) >= 11 is 0. The molecule has 0 radical (unpaired) electrons. The smallest absolute Gasteiger partial charge is 0.0890 e. The molecule has 1 heterocycles. The average molecular weight is 231 g/mol. The molecule has 0 unspecified atom stereocenters. The van der Waals surface area contributed by atoms with Crippen molar-refractivity contribution >= 4 is 11.0 Å². The number of rotatable bonds is 3. The largest absolute Gasteiger partial charge is 0.296 e. The standard InChI is InChI=1S/C13H17N3O/c1-13(2,3)17-15-9-10-8-14-11-6-4-5-7-12(11)16-10/h4-8,15H,9H2,1-3H3. The van der Waals surface area contributed by atoms with Gasteiger partial charge in [0.05, 0.1) is 35.1 Å². The normalized spacial score (nSPS) is 11.9. The van der Waals surface area contributed by atoms with E-state index in [1.165, 1.54) is 0 Å². The summed E-state index contributed by atoms with van der Waals surface area (Å²) in [4.78, 5) is 14.3. The van der Waals surface area contributed by atoms with Gasteiger partial charge in [0.15, 0.2) is 0 Å². The third-order valence-electron chi connectivity index (χ3n) is 2.13. The summed E-state index contributed by atoms with van der Waals surface area (Å²) in [6.07, 6.45) is 1.77. The Balaban J connectivity index is 2.04. The Morgan fingerprint density at radius 2 is 1.88 bits per heavy atom. The summed E-state index contributed by atoms with van der Waals surface area (Å²) in [5.41, 5.74) is 5.38. The van der Waals surface area contributed by atoms with Crippen molar-refractivity contribution in [3.63, 3.8) is 0 Å². The monoisotopic (exact) mass is 231 g/mol. The lowest BCUT2D eigenvalue weighted by molar-refractivity contribution is -0.0761. The molecule has 0 aliphatic carbocycles. The number of hydrogen-bond donors (Lipinski definition) is 1. The van der Waals surface area contributed by atoms with E-state index in [0.717, 1.165) is 16.7 Å². The van der Waals surface area contributed by atoms with Gasteiger partial charge in [-0.3, -0.25) is 9.82 Å². The molecule has 0 spiro atoms. The van der Waals surface area contributed by atoms with Crippen LogP contribution >= 0.6 is 0 Å². The van der Waals surface area contributed by atoms with E-state index >= 15 is 0 Å². The zero-order valence-electron chi connectivity index (χ0n) is 10.4. The van der Waals surface area contributed by atoms with Crippen molar-refractivity contribution in [1.82, 2.24) is 15.4 Å². The van der Waals surface area contributed by atoms with Crippen LogP contribution in [0.3, 0.4) is 0 Å². The van der Waals surface area contributed by atoms with Crippen LogP contribution in [0.1, 0.15) is 26.5 Å². The lowest BCUT2D eigenvalue weighted by Crippen LogP contribution is -2.29. The second-order valence-corrected chi connectivity index (χ2v) is 4.89. The van der Waals surface area contributed by atoms with Gasteiger partial charge in [-0.25, -0.2) is 4.98 Å². The van der Waals surface area contributed by atoms with E-state index in [0.29, 0.717) is 6.54 Å². The minimum absolute atomic E-state index is 0.204. The lowest BCUT2D eigenvalue weighted by atomic mass is 10.2. The third kappa shape index (κ3) is 3.47. The van der Waals surface area contributed by atoms with Crippen LogP contribution in [-0.2, 0) is 11.4 Å². The van der Waals surface area contributed by atoms with Gasteiger partial charge in [0.25, 0.3) is 0 Å². The van der Waals surface area contributed by atoms with Gasteiger partial charge in [-0.05, 0) is 32.9 Å². The molecule has 0 atom stereocenters. The van der Waals surface area contributed by atoms with Gasteiger partial charge < -0.3 is 0 Å². The third-order valence-corrected chi connectivity index (χ3v) is 2.13. The Bertz CT molecular complexity index is 505. The highest BCUT2D eigenvalue weighted by Gasteiger charge is 2.10. The number of aromatic nitrogens is 2. The predicted octanol–water partition coefficient (Wildman–Crippen LogP) is 2.45. The summed E-state index contributed by atoms with van der Waals surface area (Å²) < 4.78 is 0. The first kappa shape index (κ1) is 12.0. The van der Waals surface area contributed by atoms with Crippen molar-refractivity contribution in [2.24, 2.45) is 0 Å². The van der Waals surface area contributed by atoms with E-state index in [4.69, 9.17) is 4.84 Å². The number of para-hydroxylation sites is 2. The number of nitrogens with zero attached hydrogens (tertiary/aromatic N) is 2. The van der Waals surface area contributed by atoms with Crippen molar-refractivity contribution in [3.8, 4) is 0 Å². The summed E-state index contributed by atoms with van der Waals surface area (Å²) in [6.45, 7) is 6.53. The number of fused-ring (bicyclic) bond motifs is 1. The number of hydrogen-bond acceptors (Lipinski definition) is 4. The molecule has 0 amide bonds. The molecule has 90 valence electrons. The first-order chi connectivity index (χ1) is 8.04. The quantitative estimate of drug-likeness (QED) is 0.824. The minimum atomic E-state index is -0.204. The summed E-state index contributed by atoms with van der Waals surface area (Å²) in [5, 5.41) is 0. The van der Waals surface area contributed by atoms with Crippen LogP contribution in [0.5, 0.6) is 0 Å². The molecule has 0 aliphatic heterocycles. The molecule has 1 aromatic carbocycles. The fourth-order valence-electron chi connectivity index (χ4n) is 1.41. The van der Waals surface area contributed by atoms with Crippen molar-refractivity contribution < 1.29 is 4.84 Å². The van der Waals surface area contributed by atoms with E-state index in [9.17, 15) is 0 Å². The van der Waals surface area contributed by atoms with Gasteiger partial charge in [-0.15, -0.1) is 0 Å². The highest BCUT2D eigenvalue weighted by molar-refractivity contribution is 5.73. The first-order valence-electron chi connectivity index (χ1n) is 5.66. The molecule has 17 heavy (non-hydrogen) atoms. The predicted molar refractivity (Wildman–Crippen MR) is 67.2 cm³/mol. The van der Waals surface area contributed by atoms with Crippen LogP contribution in [0.2, 0.25) is 0 Å². The highest BCUT2D eigenvalue weighted by Crippen LogP contribution is 2.09. The molecule has 4 nitrogen and oxygen atoms in total. The fraction of sp³-hybridized carbons (Fsp3) is 0.385. The molecule has 0 saturated heterocycles.